The maximum atomic E-state index is 11.0. The van der Waals surface area contributed by atoms with Crippen molar-refractivity contribution < 1.29 is 9.90 Å². The van der Waals surface area contributed by atoms with Gasteiger partial charge in [0, 0.05) is 18.0 Å². The van der Waals surface area contributed by atoms with Gasteiger partial charge >= 0.3 is 5.97 Å². The van der Waals surface area contributed by atoms with Gasteiger partial charge in [0.15, 0.2) is 0 Å². The van der Waals surface area contributed by atoms with Crippen molar-refractivity contribution in [2.24, 2.45) is 0 Å². The third kappa shape index (κ3) is 4.36. The first-order valence-electron chi connectivity index (χ1n) is 5.78. The minimum Gasteiger partial charge on any atom is -0.480 e. The summed E-state index contributed by atoms with van der Waals surface area (Å²) in [5.41, 5.74) is 0. The Kier molecular flexibility index (Phi) is 4.39. The molecule has 1 aliphatic rings. The van der Waals surface area contributed by atoms with Crippen molar-refractivity contribution >= 4 is 17.7 Å². The molecule has 1 aromatic heterocycles. The van der Waals surface area contributed by atoms with Crippen molar-refractivity contribution in [2.45, 2.75) is 36.4 Å². The Bertz CT molecular complexity index is 368. The lowest BCUT2D eigenvalue weighted by molar-refractivity contribution is -0.139. The summed E-state index contributed by atoms with van der Waals surface area (Å²) in [6.45, 7) is 0. The van der Waals surface area contributed by atoms with E-state index < -0.39 is 12.0 Å². The van der Waals surface area contributed by atoms with Crippen molar-refractivity contribution in [3.05, 3.63) is 24.4 Å². The predicted molar refractivity (Wildman–Crippen MR) is 67.2 cm³/mol. The number of aromatic nitrogens is 1. The fraction of sp³-hybridized carbons (Fsp3) is 0.500. The summed E-state index contributed by atoms with van der Waals surface area (Å²) in [7, 11) is 0. The molecule has 0 bridgehead atoms. The predicted octanol–water partition coefficient (Wildman–Crippen LogP) is 1.77. The third-order valence-corrected chi connectivity index (χ3v) is 3.58. The number of carboxylic acids is 1. The lowest BCUT2D eigenvalue weighted by atomic mass is 10.2. The van der Waals surface area contributed by atoms with E-state index in [0.717, 1.165) is 23.6 Å². The van der Waals surface area contributed by atoms with Gasteiger partial charge in [-0.1, -0.05) is 6.07 Å². The Hall–Kier alpha value is -1.07. The topological polar surface area (TPSA) is 62.2 Å². The van der Waals surface area contributed by atoms with Gasteiger partial charge in [0.25, 0.3) is 0 Å². The van der Waals surface area contributed by atoms with Crippen LogP contribution >= 0.6 is 11.8 Å². The molecule has 1 fully saturated rings. The summed E-state index contributed by atoms with van der Waals surface area (Å²) in [6.07, 6.45) is 4.60. The van der Waals surface area contributed by atoms with Crippen LogP contribution in [0.3, 0.4) is 0 Å². The second-order valence-corrected chi connectivity index (χ2v) is 5.25. The molecular formula is C12H16N2O2S. The SMILES string of the molecule is O=C(O)C(CCSc1ccccn1)NC1CC1. The summed E-state index contributed by atoms with van der Waals surface area (Å²) in [6, 6.07) is 5.76. The Morgan fingerprint density at radius 2 is 2.41 bits per heavy atom. The van der Waals surface area contributed by atoms with Crippen LogP contribution in [0.15, 0.2) is 29.4 Å². The van der Waals surface area contributed by atoms with Crippen LogP contribution in [0.5, 0.6) is 0 Å². The van der Waals surface area contributed by atoms with Gasteiger partial charge in [0.2, 0.25) is 0 Å². The molecule has 0 spiro atoms. The third-order valence-electron chi connectivity index (χ3n) is 2.61. The highest BCUT2D eigenvalue weighted by Gasteiger charge is 2.27. The maximum absolute atomic E-state index is 11.0. The molecule has 1 unspecified atom stereocenters. The number of thioether (sulfide) groups is 1. The van der Waals surface area contributed by atoms with E-state index in [1.54, 1.807) is 18.0 Å². The number of aliphatic carboxylic acids is 1. The molecule has 2 N–H and O–H groups in total. The van der Waals surface area contributed by atoms with Crippen molar-refractivity contribution in [3.63, 3.8) is 0 Å². The standard InChI is InChI=1S/C12H16N2O2S/c15-12(16)10(14-9-4-5-9)6-8-17-11-3-1-2-7-13-11/h1-3,7,9-10,14H,4-6,8H2,(H,15,16). The van der Waals surface area contributed by atoms with Crippen LogP contribution < -0.4 is 5.32 Å². The number of hydrogen-bond acceptors (Lipinski definition) is 4. The van der Waals surface area contributed by atoms with Crippen molar-refractivity contribution in [2.75, 3.05) is 5.75 Å². The van der Waals surface area contributed by atoms with Gasteiger partial charge in [-0.2, -0.15) is 0 Å². The lowest BCUT2D eigenvalue weighted by Gasteiger charge is -2.13. The number of pyridine rings is 1. The molecule has 0 amide bonds. The van der Waals surface area contributed by atoms with Gasteiger partial charge in [-0.15, -0.1) is 11.8 Å². The molecule has 1 aliphatic carbocycles. The van der Waals surface area contributed by atoms with Gasteiger partial charge in [-0.25, -0.2) is 4.98 Å². The molecule has 0 aromatic carbocycles. The molecule has 17 heavy (non-hydrogen) atoms. The van der Waals surface area contributed by atoms with E-state index in [2.05, 4.69) is 10.3 Å². The second-order valence-electron chi connectivity index (χ2n) is 4.14. The van der Waals surface area contributed by atoms with Crippen LogP contribution in [0.2, 0.25) is 0 Å². The molecular weight excluding hydrogens is 236 g/mol. The number of rotatable bonds is 7. The van der Waals surface area contributed by atoms with Crippen LogP contribution in [0.25, 0.3) is 0 Å². The van der Waals surface area contributed by atoms with Crippen LogP contribution in [0.4, 0.5) is 0 Å². The Morgan fingerprint density at radius 1 is 1.59 bits per heavy atom. The molecule has 1 heterocycles. The van der Waals surface area contributed by atoms with Gasteiger partial charge in [-0.3, -0.25) is 4.79 Å². The molecule has 1 saturated carbocycles. The van der Waals surface area contributed by atoms with Crippen LogP contribution in [-0.4, -0.2) is 33.9 Å². The van der Waals surface area contributed by atoms with E-state index in [9.17, 15) is 4.79 Å². The molecule has 5 heteroatoms. The highest BCUT2D eigenvalue weighted by molar-refractivity contribution is 7.99. The summed E-state index contributed by atoms with van der Waals surface area (Å²) in [4.78, 5) is 15.2. The van der Waals surface area contributed by atoms with Gasteiger partial charge in [0.1, 0.15) is 6.04 Å². The van der Waals surface area contributed by atoms with Gasteiger partial charge < -0.3 is 10.4 Å². The van der Waals surface area contributed by atoms with Crippen molar-refractivity contribution in [1.82, 2.24) is 10.3 Å². The molecule has 0 aliphatic heterocycles. The lowest BCUT2D eigenvalue weighted by Crippen LogP contribution is -2.38. The number of carboxylic acid groups (broad SMARTS) is 1. The fourth-order valence-electron chi connectivity index (χ4n) is 1.53. The minimum atomic E-state index is -0.751. The Morgan fingerprint density at radius 3 is 3.00 bits per heavy atom. The molecule has 0 saturated heterocycles. The molecule has 1 atom stereocenters. The highest BCUT2D eigenvalue weighted by atomic mass is 32.2. The molecule has 92 valence electrons. The summed E-state index contributed by atoms with van der Waals surface area (Å²) in [5.74, 6) is 0.0202. The van der Waals surface area contributed by atoms with Crippen LogP contribution in [0, 0.1) is 0 Å². The number of nitrogens with zero attached hydrogens (tertiary/aromatic N) is 1. The number of nitrogens with one attached hydrogen (secondary N) is 1. The van der Waals surface area contributed by atoms with E-state index in [1.807, 2.05) is 18.2 Å². The maximum Gasteiger partial charge on any atom is 0.320 e. The fourth-order valence-corrected chi connectivity index (χ4v) is 2.40. The van der Waals surface area contributed by atoms with E-state index in [4.69, 9.17) is 5.11 Å². The first kappa shape index (κ1) is 12.4. The van der Waals surface area contributed by atoms with E-state index >= 15 is 0 Å². The molecule has 0 radical (unpaired) electrons. The Balaban J connectivity index is 1.73. The first-order chi connectivity index (χ1) is 8.25. The van der Waals surface area contributed by atoms with E-state index in [0.29, 0.717) is 12.5 Å². The molecule has 1 aromatic rings. The zero-order valence-corrected chi connectivity index (χ0v) is 10.3. The summed E-state index contributed by atoms with van der Waals surface area (Å²) >= 11 is 1.60. The monoisotopic (exact) mass is 252 g/mol. The largest absolute Gasteiger partial charge is 0.480 e. The molecule has 2 rings (SSSR count). The summed E-state index contributed by atoms with van der Waals surface area (Å²) in [5, 5.41) is 13.2. The average molecular weight is 252 g/mol. The molecule has 4 nitrogen and oxygen atoms in total. The van der Waals surface area contributed by atoms with Gasteiger partial charge in [0.05, 0.1) is 5.03 Å². The first-order valence-corrected chi connectivity index (χ1v) is 6.77. The minimum absolute atomic E-state index is 0.418. The van der Waals surface area contributed by atoms with Crippen molar-refractivity contribution in [1.29, 1.82) is 0 Å². The number of carbonyl (C=O) groups is 1. The normalized spacial score (nSPS) is 16.7. The summed E-state index contributed by atoms with van der Waals surface area (Å²) < 4.78 is 0. The Labute approximate surface area is 105 Å². The zero-order chi connectivity index (χ0) is 12.1. The van der Waals surface area contributed by atoms with Crippen LogP contribution in [0.1, 0.15) is 19.3 Å². The quantitative estimate of drug-likeness (QED) is 0.724. The van der Waals surface area contributed by atoms with Gasteiger partial charge in [-0.05, 0) is 31.4 Å². The average Bonchev–Trinajstić information content (AvgIpc) is 3.13. The smallest absolute Gasteiger partial charge is 0.320 e. The second kappa shape index (κ2) is 6.02. The zero-order valence-electron chi connectivity index (χ0n) is 9.50. The number of hydrogen-bond donors (Lipinski definition) is 2. The highest BCUT2D eigenvalue weighted by Crippen LogP contribution is 2.21. The van der Waals surface area contributed by atoms with Crippen LogP contribution in [-0.2, 0) is 4.79 Å². The van der Waals surface area contributed by atoms with Crippen molar-refractivity contribution in [3.8, 4) is 0 Å². The van der Waals surface area contributed by atoms with E-state index in [-0.39, 0.29) is 0 Å². The van der Waals surface area contributed by atoms with E-state index in [1.165, 1.54) is 0 Å².